The van der Waals surface area contributed by atoms with Crippen molar-refractivity contribution in [2.24, 2.45) is 0 Å². The third kappa shape index (κ3) is 4.70. The number of aromatic carboxylic acids is 1. The van der Waals surface area contributed by atoms with Gasteiger partial charge in [-0.2, -0.15) is 5.10 Å². The molecule has 0 aliphatic carbocycles. The second-order valence-electron chi connectivity index (χ2n) is 6.67. The number of para-hydroxylation sites is 1. The molecule has 0 saturated heterocycles. The van der Waals surface area contributed by atoms with E-state index in [0.29, 0.717) is 13.2 Å². The molecule has 2 heterocycles. The first kappa shape index (κ1) is 18.9. The van der Waals surface area contributed by atoms with Gasteiger partial charge in [-0.05, 0) is 36.8 Å². The molecule has 146 valence electrons. The normalized spacial score (nSPS) is 10.8. The summed E-state index contributed by atoms with van der Waals surface area (Å²) in [5.41, 5.74) is 4.31. The van der Waals surface area contributed by atoms with Gasteiger partial charge < -0.3 is 9.84 Å². The number of thiazole rings is 1. The Morgan fingerprint density at radius 1 is 1.21 bits per heavy atom. The van der Waals surface area contributed by atoms with Crippen molar-refractivity contribution >= 4 is 17.3 Å². The average Bonchev–Trinajstić information content (AvgIpc) is 3.37. The summed E-state index contributed by atoms with van der Waals surface area (Å²) in [6, 6.07) is 16.0. The molecular weight excluding hydrogens is 386 g/mol. The monoisotopic (exact) mass is 405 g/mol. The summed E-state index contributed by atoms with van der Waals surface area (Å²) < 4.78 is 7.45. The summed E-state index contributed by atoms with van der Waals surface area (Å²) in [7, 11) is 0. The Kier molecular flexibility index (Phi) is 5.39. The molecule has 6 nitrogen and oxygen atoms in total. The fraction of sp³-hybridized carbons (Fsp3) is 0.136. The zero-order valence-electron chi connectivity index (χ0n) is 15.8. The third-order valence-corrected chi connectivity index (χ3v) is 5.14. The van der Waals surface area contributed by atoms with Crippen molar-refractivity contribution in [3.05, 3.63) is 88.0 Å². The summed E-state index contributed by atoms with van der Waals surface area (Å²) in [6.07, 6.45) is 2.85. The first-order chi connectivity index (χ1) is 14.1. The first-order valence-electron chi connectivity index (χ1n) is 9.06. The maximum atomic E-state index is 11.0. The fourth-order valence-electron chi connectivity index (χ4n) is 2.99. The number of benzene rings is 2. The lowest BCUT2D eigenvalue weighted by Gasteiger charge is -2.09. The van der Waals surface area contributed by atoms with Gasteiger partial charge in [0.15, 0.2) is 0 Å². The Balaban J connectivity index is 1.49. The van der Waals surface area contributed by atoms with Gasteiger partial charge in [0.1, 0.15) is 17.4 Å². The van der Waals surface area contributed by atoms with Crippen molar-refractivity contribution in [3.63, 3.8) is 0 Å². The Hall–Kier alpha value is -3.45. The predicted molar refractivity (Wildman–Crippen MR) is 111 cm³/mol. The summed E-state index contributed by atoms with van der Waals surface area (Å²) in [5.74, 6) is -0.146. The van der Waals surface area contributed by atoms with Crippen molar-refractivity contribution in [3.8, 4) is 17.0 Å². The molecule has 29 heavy (non-hydrogen) atoms. The van der Waals surface area contributed by atoms with E-state index in [-0.39, 0.29) is 5.56 Å². The lowest BCUT2D eigenvalue weighted by atomic mass is 10.1. The zero-order chi connectivity index (χ0) is 20.2. The van der Waals surface area contributed by atoms with E-state index in [1.807, 2.05) is 35.7 Å². The highest BCUT2D eigenvalue weighted by Gasteiger charge is 2.10. The Bertz CT molecular complexity index is 1140. The van der Waals surface area contributed by atoms with Crippen LogP contribution in [0.25, 0.3) is 11.3 Å². The second-order valence-corrected chi connectivity index (χ2v) is 7.61. The van der Waals surface area contributed by atoms with Gasteiger partial charge in [0, 0.05) is 17.1 Å². The summed E-state index contributed by atoms with van der Waals surface area (Å²) >= 11 is 1.53. The number of rotatable bonds is 7. The second kappa shape index (κ2) is 8.28. The van der Waals surface area contributed by atoms with Gasteiger partial charge in [-0.1, -0.05) is 29.8 Å². The van der Waals surface area contributed by atoms with Crippen LogP contribution < -0.4 is 4.74 Å². The van der Waals surface area contributed by atoms with E-state index in [1.54, 1.807) is 4.68 Å². The first-order valence-corrected chi connectivity index (χ1v) is 9.94. The Morgan fingerprint density at radius 2 is 2.03 bits per heavy atom. The molecule has 7 heteroatoms. The molecule has 2 aromatic heterocycles. The van der Waals surface area contributed by atoms with Crippen LogP contribution in [0, 0.1) is 6.92 Å². The van der Waals surface area contributed by atoms with Crippen molar-refractivity contribution in [1.82, 2.24) is 14.8 Å². The number of aryl methyl sites for hydroxylation is 1. The van der Waals surface area contributed by atoms with Crippen LogP contribution in [-0.2, 0) is 13.2 Å². The largest absolute Gasteiger partial charge is 0.489 e. The third-order valence-electron chi connectivity index (χ3n) is 4.31. The molecule has 0 bridgehead atoms. The lowest BCUT2D eigenvalue weighted by Crippen LogP contribution is -2.00. The van der Waals surface area contributed by atoms with Crippen molar-refractivity contribution < 1.29 is 14.6 Å². The molecule has 1 N–H and O–H groups in total. The van der Waals surface area contributed by atoms with Crippen LogP contribution in [-0.4, -0.2) is 25.8 Å². The number of hydrogen-bond donors (Lipinski definition) is 1. The number of carbonyl (C=O) groups is 1. The minimum Gasteiger partial charge on any atom is -0.489 e. The number of nitrogens with zero attached hydrogens (tertiary/aromatic N) is 3. The maximum Gasteiger partial charge on any atom is 0.338 e. The number of ether oxygens (including phenoxy) is 1. The quantitative estimate of drug-likeness (QED) is 0.485. The highest BCUT2D eigenvalue weighted by atomic mass is 32.1. The van der Waals surface area contributed by atoms with Gasteiger partial charge in [-0.3, -0.25) is 4.68 Å². The smallest absolute Gasteiger partial charge is 0.338 e. The number of hydrogen-bond acceptors (Lipinski definition) is 5. The van der Waals surface area contributed by atoms with E-state index in [9.17, 15) is 4.79 Å². The van der Waals surface area contributed by atoms with Crippen molar-refractivity contribution in [1.29, 1.82) is 0 Å². The van der Waals surface area contributed by atoms with Gasteiger partial charge in [0.25, 0.3) is 0 Å². The molecule has 0 aliphatic heterocycles. The number of aromatic nitrogens is 3. The van der Waals surface area contributed by atoms with E-state index in [0.717, 1.165) is 33.1 Å². The molecule has 0 atom stereocenters. The standard InChI is InChI=1S/C22H19N3O3S/c1-15-7-16(13-28-19-5-3-2-4-6-19)9-17(8-15)20-14-29-21(24-20)12-25-11-18(10-23-25)22(26)27/h2-11,14H,12-13H2,1H3,(H,26,27). The van der Waals surface area contributed by atoms with Gasteiger partial charge in [0.05, 0.1) is 24.0 Å². The van der Waals surface area contributed by atoms with Crippen LogP contribution in [0.3, 0.4) is 0 Å². The van der Waals surface area contributed by atoms with Crippen LogP contribution in [0.4, 0.5) is 0 Å². The molecule has 0 amide bonds. The van der Waals surface area contributed by atoms with E-state index in [1.165, 1.54) is 23.7 Å². The molecule has 0 fully saturated rings. The van der Waals surface area contributed by atoms with Crippen molar-refractivity contribution in [2.45, 2.75) is 20.1 Å². The molecule has 4 aromatic rings. The fourth-order valence-corrected chi connectivity index (χ4v) is 3.79. The number of carboxylic acids is 1. The zero-order valence-corrected chi connectivity index (χ0v) is 16.6. The van der Waals surface area contributed by atoms with E-state index in [2.05, 4.69) is 30.2 Å². The molecule has 2 aromatic carbocycles. The highest BCUT2D eigenvalue weighted by Crippen LogP contribution is 2.25. The topological polar surface area (TPSA) is 77.2 Å². The van der Waals surface area contributed by atoms with E-state index >= 15 is 0 Å². The summed E-state index contributed by atoms with van der Waals surface area (Å²) in [5, 5.41) is 16.0. The molecule has 0 saturated carbocycles. The summed E-state index contributed by atoms with van der Waals surface area (Å²) in [6.45, 7) is 2.98. The van der Waals surface area contributed by atoms with E-state index < -0.39 is 5.97 Å². The Morgan fingerprint density at radius 3 is 2.79 bits per heavy atom. The van der Waals surface area contributed by atoms with Gasteiger partial charge >= 0.3 is 5.97 Å². The Labute approximate surface area is 172 Å². The minimum absolute atomic E-state index is 0.170. The molecule has 0 unspecified atom stereocenters. The molecule has 0 aliphatic rings. The lowest BCUT2D eigenvalue weighted by molar-refractivity contribution is 0.0696. The SMILES string of the molecule is Cc1cc(COc2ccccc2)cc(-c2csc(Cn3cc(C(=O)O)cn3)n2)c1. The maximum absolute atomic E-state index is 11.0. The average molecular weight is 405 g/mol. The minimum atomic E-state index is -0.985. The van der Waals surface area contributed by atoms with Crippen molar-refractivity contribution in [2.75, 3.05) is 0 Å². The summed E-state index contributed by atoms with van der Waals surface area (Å²) in [4.78, 5) is 15.7. The highest BCUT2D eigenvalue weighted by molar-refractivity contribution is 7.09. The van der Waals surface area contributed by atoms with Gasteiger partial charge in [0.2, 0.25) is 0 Å². The van der Waals surface area contributed by atoms with Crippen LogP contribution in [0.5, 0.6) is 5.75 Å². The van der Waals surface area contributed by atoms with Crippen LogP contribution in [0.1, 0.15) is 26.5 Å². The van der Waals surface area contributed by atoms with Gasteiger partial charge in [-0.25, -0.2) is 9.78 Å². The van der Waals surface area contributed by atoms with E-state index in [4.69, 9.17) is 14.8 Å². The molecule has 4 rings (SSSR count). The number of carboxylic acid groups (broad SMARTS) is 1. The van der Waals surface area contributed by atoms with Crippen LogP contribution in [0.15, 0.2) is 66.3 Å². The molecular formula is C22H19N3O3S. The van der Waals surface area contributed by atoms with Crippen LogP contribution >= 0.6 is 11.3 Å². The molecule has 0 spiro atoms. The van der Waals surface area contributed by atoms with Gasteiger partial charge in [-0.15, -0.1) is 11.3 Å². The molecule has 0 radical (unpaired) electrons. The predicted octanol–water partition coefficient (Wildman–Crippen LogP) is 4.64. The van der Waals surface area contributed by atoms with Crippen LogP contribution in [0.2, 0.25) is 0 Å².